The van der Waals surface area contributed by atoms with Gasteiger partial charge in [0.2, 0.25) is 5.91 Å². The van der Waals surface area contributed by atoms with Gasteiger partial charge in [-0.3, -0.25) is 4.79 Å². The molecule has 110 valence electrons. The molecule has 2 rings (SSSR count). The summed E-state index contributed by atoms with van der Waals surface area (Å²) in [5, 5.41) is 3.44. The first kappa shape index (κ1) is 15.4. The third kappa shape index (κ3) is 3.55. The van der Waals surface area contributed by atoms with Crippen molar-refractivity contribution < 1.29 is 4.79 Å². The Bertz CT molecular complexity index is 485. The molecular weight excluding hydrogens is 268 g/mol. The Labute approximate surface area is 125 Å². The minimum atomic E-state index is -0.567. The molecule has 3 nitrogen and oxygen atoms in total. The molecule has 20 heavy (non-hydrogen) atoms. The maximum absolute atomic E-state index is 12.1. The van der Waals surface area contributed by atoms with Gasteiger partial charge in [-0.25, -0.2) is 0 Å². The van der Waals surface area contributed by atoms with Gasteiger partial charge in [-0.05, 0) is 51.7 Å². The molecule has 1 atom stereocenters. The molecule has 1 unspecified atom stereocenters. The van der Waals surface area contributed by atoms with Gasteiger partial charge < -0.3 is 11.1 Å². The second-order valence-electron chi connectivity index (χ2n) is 6.01. The second kappa shape index (κ2) is 6.19. The minimum absolute atomic E-state index is 0.214. The highest BCUT2D eigenvalue weighted by atomic mass is 32.2. The molecule has 4 heteroatoms. The number of carbonyl (C=O) groups is 1. The van der Waals surface area contributed by atoms with Gasteiger partial charge in [0.05, 0.1) is 0 Å². The number of hydrogen-bond donors (Lipinski definition) is 2. The number of carbonyl (C=O) groups excluding carboxylic acids is 1. The molecule has 0 heterocycles. The Morgan fingerprint density at radius 2 is 2.20 bits per heavy atom. The van der Waals surface area contributed by atoms with Crippen molar-refractivity contribution in [1.29, 1.82) is 0 Å². The number of thioether (sulfide) groups is 1. The average molecular weight is 292 g/mol. The van der Waals surface area contributed by atoms with Crippen molar-refractivity contribution in [2.45, 2.75) is 50.1 Å². The summed E-state index contributed by atoms with van der Waals surface area (Å²) in [4.78, 5) is 13.3. The van der Waals surface area contributed by atoms with Crippen molar-refractivity contribution in [3.63, 3.8) is 0 Å². The maximum Gasteiger partial charge on any atom is 0.238 e. The molecule has 0 saturated heterocycles. The molecule has 0 aromatic heterocycles. The van der Waals surface area contributed by atoms with Gasteiger partial charge in [0.25, 0.3) is 0 Å². The Morgan fingerprint density at radius 1 is 1.50 bits per heavy atom. The van der Waals surface area contributed by atoms with Crippen molar-refractivity contribution in [1.82, 2.24) is 5.32 Å². The summed E-state index contributed by atoms with van der Waals surface area (Å²) in [5.74, 6) is 0.878. The molecule has 1 saturated carbocycles. The molecule has 0 aliphatic heterocycles. The molecule has 3 N–H and O–H groups in total. The Balaban J connectivity index is 2.13. The van der Waals surface area contributed by atoms with Crippen LogP contribution in [0.5, 0.6) is 0 Å². The predicted molar refractivity (Wildman–Crippen MR) is 84.8 cm³/mol. The van der Waals surface area contributed by atoms with Crippen molar-refractivity contribution in [3.8, 4) is 0 Å². The fourth-order valence-corrected chi connectivity index (χ4v) is 3.91. The summed E-state index contributed by atoms with van der Waals surface area (Å²) in [6.07, 6.45) is 2.19. The topological polar surface area (TPSA) is 55.1 Å². The first-order valence-electron chi connectivity index (χ1n) is 7.21. The third-order valence-corrected chi connectivity index (χ3v) is 4.90. The summed E-state index contributed by atoms with van der Waals surface area (Å²) < 4.78 is 0. The van der Waals surface area contributed by atoms with E-state index in [9.17, 15) is 4.79 Å². The number of hydrogen-bond acceptors (Lipinski definition) is 3. The third-order valence-electron chi connectivity index (χ3n) is 3.72. The minimum Gasteiger partial charge on any atom is -0.368 e. The highest BCUT2D eigenvalue weighted by Crippen LogP contribution is 2.42. The Hall–Kier alpha value is -1.00. The molecule has 1 amide bonds. The van der Waals surface area contributed by atoms with Crippen LogP contribution < -0.4 is 11.1 Å². The number of nitrogens with two attached hydrogens (primary N) is 1. The van der Waals surface area contributed by atoms with Crippen LogP contribution in [-0.2, 0) is 4.79 Å². The van der Waals surface area contributed by atoms with E-state index in [0.717, 1.165) is 12.8 Å². The lowest BCUT2D eigenvalue weighted by Gasteiger charge is -2.34. The van der Waals surface area contributed by atoms with Gasteiger partial charge in [0.1, 0.15) is 5.54 Å². The molecule has 0 spiro atoms. The van der Waals surface area contributed by atoms with E-state index in [-0.39, 0.29) is 11.9 Å². The quantitative estimate of drug-likeness (QED) is 0.760. The van der Waals surface area contributed by atoms with Crippen molar-refractivity contribution in [2.24, 2.45) is 11.7 Å². The first-order chi connectivity index (χ1) is 9.44. The number of aryl methyl sites for hydroxylation is 1. The fraction of sp³-hybridized carbons (Fsp3) is 0.562. The van der Waals surface area contributed by atoms with Crippen molar-refractivity contribution in [3.05, 3.63) is 29.8 Å². The summed E-state index contributed by atoms with van der Waals surface area (Å²) in [6.45, 7) is 6.22. The zero-order valence-electron chi connectivity index (χ0n) is 12.5. The molecule has 1 aromatic carbocycles. The smallest absolute Gasteiger partial charge is 0.238 e. The van der Waals surface area contributed by atoms with Crippen LogP contribution in [0, 0.1) is 12.8 Å². The van der Waals surface area contributed by atoms with E-state index in [4.69, 9.17) is 5.73 Å². The van der Waals surface area contributed by atoms with E-state index in [2.05, 4.69) is 50.4 Å². The van der Waals surface area contributed by atoms with Crippen LogP contribution in [0.15, 0.2) is 29.2 Å². The van der Waals surface area contributed by atoms with Crippen molar-refractivity contribution >= 4 is 17.7 Å². The number of rotatable bonds is 7. The van der Waals surface area contributed by atoms with Gasteiger partial charge in [0.15, 0.2) is 0 Å². The SMILES string of the molecule is Cc1cccc(SCC(NC(C)C)(C(N)=O)C2CC2)c1. The number of benzene rings is 1. The van der Waals surface area contributed by atoms with E-state index in [0.29, 0.717) is 11.7 Å². The van der Waals surface area contributed by atoms with Crippen LogP contribution in [0.25, 0.3) is 0 Å². The standard InChI is InChI=1S/C16H24N2OS/c1-11(2)18-16(15(17)19,13-7-8-13)10-20-14-6-4-5-12(3)9-14/h4-6,9,11,13,18H,7-8,10H2,1-3H3,(H2,17,19). The van der Waals surface area contributed by atoms with E-state index in [1.807, 2.05) is 0 Å². The molecule has 1 aliphatic carbocycles. The van der Waals surface area contributed by atoms with E-state index < -0.39 is 5.54 Å². The Morgan fingerprint density at radius 3 is 2.70 bits per heavy atom. The summed E-state index contributed by atoms with van der Waals surface area (Å²) in [7, 11) is 0. The van der Waals surface area contributed by atoms with Crippen LogP contribution in [-0.4, -0.2) is 23.2 Å². The van der Waals surface area contributed by atoms with Crippen LogP contribution in [0.2, 0.25) is 0 Å². The van der Waals surface area contributed by atoms with Gasteiger partial charge in [0, 0.05) is 16.7 Å². The molecular formula is C16H24N2OS. The van der Waals surface area contributed by atoms with E-state index in [1.54, 1.807) is 11.8 Å². The van der Waals surface area contributed by atoms with Gasteiger partial charge in [-0.15, -0.1) is 11.8 Å². The van der Waals surface area contributed by atoms with Crippen LogP contribution in [0.4, 0.5) is 0 Å². The largest absolute Gasteiger partial charge is 0.368 e. The fourth-order valence-electron chi connectivity index (χ4n) is 2.61. The highest BCUT2D eigenvalue weighted by molar-refractivity contribution is 7.99. The zero-order chi connectivity index (χ0) is 14.8. The lowest BCUT2D eigenvalue weighted by molar-refractivity contribution is -0.124. The van der Waals surface area contributed by atoms with E-state index in [1.165, 1.54) is 10.5 Å². The maximum atomic E-state index is 12.1. The number of amides is 1. The number of nitrogens with one attached hydrogen (secondary N) is 1. The normalized spacial score (nSPS) is 18.0. The van der Waals surface area contributed by atoms with Gasteiger partial charge in [-0.2, -0.15) is 0 Å². The van der Waals surface area contributed by atoms with E-state index >= 15 is 0 Å². The van der Waals surface area contributed by atoms with Crippen LogP contribution in [0.1, 0.15) is 32.3 Å². The summed E-state index contributed by atoms with van der Waals surface area (Å²) in [6, 6.07) is 8.63. The molecule has 0 bridgehead atoms. The summed E-state index contributed by atoms with van der Waals surface area (Å²) >= 11 is 1.72. The average Bonchev–Trinajstić information content (AvgIpc) is 3.18. The first-order valence-corrected chi connectivity index (χ1v) is 8.19. The van der Waals surface area contributed by atoms with Crippen molar-refractivity contribution in [2.75, 3.05) is 5.75 Å². The molecule has 1 aliphatic rings. The lowest BCUT2D eigenvalue weighted by atomic mass is 9.93. The Kier molecular flexibility index (Phi) is 4.76. The van der Waals surface area contributed by atoms with Gasteiger partial charge in [-0.1, -0.05) is 17.7 Å². The molecule has 1 aromatic rings. The predicted octanol–water partition coefficient (Wildman–Crippen LogP) is 2.72. The highest BCUT2D eigenvalue weighted by Gasteiger charge is 2.49. The van der Waals surface area contributed by atoms with Gasteiger partial charge >= 0.3 is 0 Å². The zero-order valence-corrected chi connectivity index (χ0v) is 13.3. The number of primary amides is 1. The molecule has 1 fully saturated rings. The monoisotopic (exact) mass is 292 g/mol. The lowest BCUT2D eigenvalue weighted by Crippen LogP contribution is -2.61. The van der Waals surface area contributed by atoms with Crippen LogP contribution in [0.3, 0.4) is 0 Å². The summed E-state index contributed by atoms with van der Waals surface area (Å²) in [5.41, 5.74) is 6.41. The second-order valence-corrected chi connectivity index (χ2v) is 7.06. The van der Waals surface area contributed by atoms with Crippen LogP contribution >= 0.6 is 11.8 Å². The molecule has 0 radical (unpaired) electrons.